The second-order valence-corrected chi connectivity index (χ2v) is 9.88. The molecule has 0 radical (unpaired) electrons. The number of ether oxygens (including phenoxy) is 2. The Morgan fingerprint density at radius 3 is 2.24 bits per heavy atom. The molecule has 0 aromatic heterocycles. The first kappa shape index (κ1) is 25.6. The molecule has 3 heterocycles. The molecule has 5 nitrogen and oxygen atoms in total. The van der Waals surface area contributed by atoms with Gasteiger partial charge in [-0.2, -0.15) is 18.4 Å². The third-order valence-electron chi connectivity index (χ3n) is 7.56. The molecule has 3 aliphatic rings. The van der Waals surface area contributed by atoms with Crippen molar-refractivity contribution >= 4 is 16.9 Å². The molecule has 0 amide bonds. The van der Waals surface area contributed by atoms with Gasteiger partial charge in [-0.25, -0.2) is 4.39 Å². The Morgan fingerprint density at radius 1 is 0.973 bits per heavy atom. The number of nitrogens with zero attached hydrogens (tertiary/aromatic N) is 3. The molecule has 37 heavy (non-hydrogen) atoms. The molecule has 9 heteroatoms. The van der Waals surface area contributed by atoms with Crippen molar-refractivity contribution in [1.29, 1.82) is 5.26 Å². The summed E-state index contributed by atoms with van der Waals surface area (Å²) < 4.78 is 66.5. The number of nitriles is 1. The summed E-state index contributed by atoms with van der Waals surface area (Å²) in [5, 5.41) is 9.02. The van der Waals surface area contributed by atoms with Gasteiger partial charge in [0.1, 0.15) is 5.56 Å². The maximum atomic E-state index is 14.9. The Labute approximate surface area is 213 Å². The van der Waals surface area contributed by atoms with Crippen molar-refractivity contribution in [2.24, 2.45) is 11.8 Å². The van der Waals surface area contributed by atoms with E-state index in [1.54, 1.807) is 4.90 Å². The van der Waals surface area contributed by atoms with Crippen LogP contribution in [0.5, 0.6) is 0 Å². The molecule has 3 aliphatic heterocycles. The molecule has 196 valence electrons. The van der Waals surface area contributed by atoms with Crippen LogP contribution in [-0.4, -0.2) is 45.7 Å². The van der Waals surface area contributed by atoms with Crippen molar-refractivity contribution in [3.8, 4) is 6.07 Å². The largest absolute Gasteiger partial charge is 0.420 e. The van der Waals surface area contributed by atoms with Crippen LogP contribution >= 0.6 is 0 Å². The summed E-state index contributed by atoms with van der Waals surface area (Å²) in [6.45, 7) is 5.86. The van der Waals surface area contributed by atoms with Crippen molar-refractivity contribution in [3.63, 3.8) is 0 Å². The van der Waals surface area contributed by atoms with E-state index in [1.165, 1.54) is 12.1 Å². The van der Waals surface area contributed by atoms with Crippen molar-refractivity contribution in [2.45, 2.75) is 32.2 Å². The lowest BCUT2D eigenvalue weighted by molar-refractivity contribution is -0.140. The van der Waals surface area contributed by atoms with Crippen LogP contribution in [0, 0.1) is 29.0 Å². The number of rotatable bonds is 4. The minimum Gasteiger partial charge on any atom is -0.372 e. The fourth-order valence-electron chi connectivity index (χ4n) is 5.64. The maximum Gasteiger partial charge on any atom is 0.420 e. The highest BCUT2D eigenvalue weighted by molar-refractivity contribution is 5.72. The predicted molar refractivity (Wildman–Crippen MR) is 133 cm³/mol. The van der Waals surface area contributed by atoms with Crippen LogP contribution in [0.15, 0.2) is 42.5 Å². The third kappa shape index (κ3) is 5.18. The van der Waals surface area contributed by atoms with Gasteiger partial charge in [-0.1, -0.05) is 25.1 Å². The van der Waals surface area contributed by atoms with Crippen LogP contribution in [0.4, 0.5) is 28.9 Å². The summed E-state index contributed by atoms with van der Waals surface area (Å²) in [5.74, 6) is -0.983. The molecule has 2 aromatic carbocycles. The summed E-state index contributed by atoms with van der Waals surface area (Å²) in [7, 11) is 0. The van der Waals surface area contributed by atoms with E-state index < -0.39 is 23.1 Å². The second-order valence-electron chi connectivity index (χ2n) is 9.88. The van der Waals surface area contributed by atoms with E-state index in [4.69, 9.17) is 14.7 Å². The Morgan fingerprint density at radius 2 is 1.65 bits per heavy atom. The SMILES string of the molecule is CC1CN(c2ccc(C#N)c(C(F)(F)F)c2F)CC=C1c1ccc(N2CCC(C3OCCO3)CC2)cc1. The molecule has 0 saturated carbocycles. The van der Waals surface area contributed by atoms with Crippen LogP contribution in [0.3, 0.4) is 0 Å². The molecule has 0 aliphatic carbocycles. The monoisotopic (exact) mass is 515 g/mol. The van der Waals surface area contributed by atoms with E-state index in [-0.39, 0.29) is 24.4 Å². The van der Waals surface area contributed by atoms with Gasteiger partial charge in [0, 0.05) is 37.8 Å². The summed E-state index contributed by atoms with van der Waals surface area (Å²) >= 11 is 0. The Kier molecular flexibility index (Phi) is 7.15. The predicted octanol–water partition coefficient (Wildman–Crippen LogP) is 5.85. The van der Waals surface area contributed by atoms with Gasteiger partial charge in [0.25, 0.3) is 0 Å². The number of anilines is 2. The third-order valence-corrected chi connectivity index (χ3v) is 7.56. The maximum absolute atomic E-state index is 14.9. The molecule has 0 N–H and O–H groups in total. The van der Waals surface area contributed by atoms with Crippen LogP contribution in [0.2, 0.25) is 0 Å². The van der Waals surface area contributed by atoms with E-state index in [9.17, 15) is 17.6 Å². The van der Waals surface area contributed by atoms with Gasteiger partial charge in [-0.15, -0.1) is 0 Å². The van der Waals surface area contributed by atoms with Gasteiger partial charge in [-0.3, -0.25) is 0 Å². The summed E-state index contributed by atoms with van der Waals surface area (Å²) in [4.78, 5) is 3.96. The molecule has 2 aromatic rings. The van der Waals surface area contributed by atoms with Crippen LogP contribution in [-0.2, 0) is 15.7 Å². The van der Waals surface area contributed by atoms with Crippen LogP contribution in [0.1, 0.15) is 36.5 Å². The fourth-order valence-corrected chi connectivity index (χ4v) is 5.64. The lowest BCUT2D eigenvalue weighted by Crippen LogP contribution is -2.38. The minimum atomic E-state index is -4.94. The summed E-state index contributed by atoms with van der Waals surface area (Å²) in [6.07, 6.45) is -1.02. The van der Waals surface area contributed by atoms with E-state index in [0.29, 0.717) is 25.7 Å². The second kappa shape index (κ2) is 10.3. The highest BCUT2D eigenvalue weighted by Crippen LogP contribution is 2.39. The molecule has 1 atom stereocenters. The Balaban J connectivity index is 1.27. The number of benzene rings is 2. The average Bonchev–Trinajstić information content (AvgIpc) is 3.43. The topological polar surface area (TPSA) is 48.7 Å². The van der Waals surface area contributed by atoms with Gasteiger partial charge in [-0.05, 0) is 54.2 Å². The quantitative estimate of drug-likeness (QED) is 0.479. The average molecular weight is 516 g/mol. The van der Waals surface area contributed by atoms with Crippen molar-refractivity contribution in [2.75, 3.05) is 49.2 Å². The fraction of sp³-hybridized carbons (Fsp3) is 0.464. The van der Waals surface area contributed by atoms with Crippen molar-refractivity contribution in [3.05, 3.63) is 65.0 Å². The van der Waals surface area contributed by atoms with Crippen molar-refractivity contribution < 1.29 is 27.0 Å². The first-order chi connectivity index (χ1) is 17.8. The summed E-state index contributed by atoms with van der Waals surface area (Å²) in [6, 6.07) is 12.1. The number of piperidine rings is 1. The first-order valence-electron chi connectivity index (χ1n) is 12.6. The van der Waals surface area contributed by atoms with Crippen molar-refractivity contribution in [1.82, 2.24) is 0 Å². The molecule has 1 unspecified atom stereocenters. The van der Waals surface area contributed by atoms with Crippen LogP contribution in [0.25, 0.3) is 5.57 Å². The molecular weight excluding hydrogens is 486 g/mol. The zero-order valence-corrected chi connectivity index (χ0v) is 20.6. The standard InChI is InChI=1S/C28H29F4N3O2/c1-18-17-35(24-7-4-21(16-33)25(26(24)29)28(30,31)32)13-10-23(18)19-2-5-22(6-3-19)34-11-8-20(9-12-34)27-36-14-15-37-27/h2-7,10,18,20,27H,8-9,11-15,17H2,1H3. The minimum absolute atomic E-state index is 0.0221. The number of alkyl halides is 3. The van der Waals surface area contributed by atoms with E-state index in [0.717, 1.165) is 48.8 Å². The highest BCUT2D eigenvalue weighted by Gasteiger charge is 2.39. The lowest BCUT2D eigenvalue weighted by atomic mass is 9.89. The van der Waals surface area contributed by atoms with Gasteiger partial charge in [0.05, 0.1) is 30.5 Å². The zero-order chi connectivity index (χ0) is 26.2. The van der Waals surface area contributed by atoms with E-state index in [2.05, 4.69) is 29.2 Å². The molecule has 2 fully saturated rings. The lowest BCUT2D eigenvalue weighted by Gasteiger charge is -2.36. The molecule has 0 bridgehead atoms. The molecule has 0 spiro atoms. The van der Waals surface area contributed by atoms with E-state index in [1.807, 2.05) is 13.0 Å². The van der Waals surface area contributed by atoms with Gasteiger partial charge < -0.3 is 19.3 Å². The van der Waals surface area contributed by atoms with Gasteiger partial charge in [0.2, 0.25) is 0 Å². The number of halogens is 4. The highest BCUT2D eigenvalue weighted by atomic mass is 19.4. The number of hydrogen-bond acceptors (Lipinski definition) is 5. The number of hydrogen-bond donors (Lipinski definition) is 0. The Bertz CT molecular complexity index is 1190. The zero-order valence-electron chi connectivity index (χ0n) is 20.6. The smallest absolute Gasteiger partial charge is 0.372 e. The molecule has 2 saturated heterocycles. The normalized spacial score (nSPS) is 21.7. The molecular formula is C28H29F4N3O2. The van der Waals surface area contributed by atoms with Gasteiger partial charge >= 0.3 is 6.18 Å². The summed E-state index contributed by atoms with van der Waals surface area (Å²) in [5.41, 5.74) is 0.940. The Hall–Kier alpha value is -3.09. The van der Waals surface area contributed by atoms with Crippen LogP contribution < -0.4 is 9.80 Å². The van der Waals surface area contributed by atoms with E-state index >= 15 is 0 Å². The van der Waals surface area contributed by atoms with Gasteiger partial charge in [0.15, 0.2) is 12.1 Å². The first-order valence-corrected chi connectivity index (χ1v) is 12.6. The molecule has 5 rings (SSSR count).